The Balaban J connectivity index is 2.06. The third-order valence-electron chi connectivity index (χ3n) is 2.94. The van der Waals surface area contributed by atoms with Gasteiger partial charge < -0.3 is 10.4 Å². The summed E-state index contributed by atoms with van der Waals surface area (Å²) in [6.45, 7) is 1.44. The van der Waals surface area contributed by atoms with Crippen molar-refractivity contribution in [3.63, 3.8) is 0 Å². The fraction of sp³-hybridized carbons (Fsp3) is 0.214. The van der Waals surface area contributed by atoms with Gasteiger partial charge in [-0.25, -0.2) is 14.4 Å². The second kappa shape index (κ2) is 6.15. The van der Waals surface area contributed by atoms with Crippen LogP contribution in [-0.2, 0) is 5.60 Å². The maximum atomic E-state index is 12.9. The molecule has 0 saturated carbocycles. The van der Waals surface area contributed by atoms with Crippen LogP contribution >= 0.6 is 11.6 Å². The van der Waals surface area contributed by atoms with E-state index in [1.807, 2.05) is 0 Å². The molecule has 2 rings (SSSR count). The quantitative estimate of drug-likeness (QED) is 0.904. The topological polar surface area (TPSA) is 75.1 Å². The molecule has 1 amide bonds. The highest BCUT2D eigenvalue weighted by Gasteiger charge is 2.24. The molecule has 2 aromatic rings. The lowest BCUT2D eigenvalue weighted by Gasteiger charge is -2.24. The summed E-state index contributed by atoms with van der Waals surface area (Å²) in [4.78, 5) is 19.4. The summed E-state index contributed by atoms with van der Waals surface area (Å²) in [5, 5.41) is 13.0. The maximum Gasteiger partial charge on any atom is 0.271 e. The van der Waals surface area contributed by atoms with Gasteiger partial charge in [0, 0.05) is 6.20 Å². The lowest BCUT2D eigenvalue weighted by atomic mass is 9.96. The lowest BCUT2D eigenvalue weighted by Crippen LogP contribution is -2.39. The van der Waals surface area contributed by atoms with Crippen LogP contribution in [0, 0.1) is 5.82 Å². The molecule has 5 nitrogen and oxygen atoms in total. The highest BCUT2D eigenvalue weighted by molar-refractivity contribution is 6.33. The molecule has 0 aliphatic carbocycles. The molecule has 0 bridgehead atoms. The standard InChI is InChI=1S/C14H13ClFN3O2/c1-14(21,9-2-4-10(16)5-3-9)7-18-13(20)12-11(15)6-17-8-19-12/h2-6,8,21H,7H2,1H3,(H,18,20). The molecule has 1 aromatic carbocycles. The fourth-order valence-electron chi connectivity index (χ4n) is 1.73. The Kier molecular flexibility index (Phi) is 4.50. The first-order valence-corrected chi connectivity index (χ1v) is 6.50. The van der Waals surface area contributed by atoms with Gasteiger partial charge in [0.2, 0.25) is 0 Å². The van der Waals surface area contributed by atoms with Crippen LogP contribution in [0.1, 0.15) is 23.0 Å². The van der Waals surface area contributed by atoms with Gasteiger partial charge in [-0.05, 0) is 24.6 Å². The summed E-state index contributed by atoms with van der Waals surface area (Å²) >= 11 is 5.81. The zero-order valence-corrected chi connectivity index (χ0v) is 11.9. The minimum absolute atomic E-state index is 0.0292. The molecule has 110 valence electrons. The SMILES string of the molecule is CC(O)(CNC(=O)c1ncncc1Cl)c1ccc(F)cc1. The Labute approximate surface area is 125 Å². The van der Waals surface area contributed by atoms with Gasteiger partial charge in [-0.2, -0.15) is 0 Å². The minimum Gasteiger partial charge on any atom is -0.384 e. The van der Waals surface area contributed by atoms with Crippen molar-refractivity contribution in [1.82, 2.24) is 15.3 Å². The molecule has 0 spiro atoms. The van der Waals surface area contributed by atoms with Crippen LogP contribution < -0.4 is 5.32 Å². The van der Waals surface area contributed by atoms with Gasteiger partial charge in [-0.15, -0.1) is 0 Å². The number of aliphatic hydroxyl groups is 1. The molecule has 1 atom stereocenters. The van der Waals surface area contributed by atoms with E-state index in [0.29, 0.717) is 5.56 Å². The summed E-state index contributed by atoms with van der Waals surface area (Å²) in [5.41, 5.74) is -0.831. The molecule has 21 heavy (non-hydrogen) atoms. The molecule has 0 saturated heterocycles. The van der Waals surface area contributed by atoms with E-state index < -0.39 is 17.3 Å². The first-order chi connectivity index (χ1) is 9.90. The number of amides is 1. The average molecular weight is 310 g/mol. The van der Waals surface area contributed by atoms with Crippen molar-refractivity contribution < 1.29 is 14.3 Å². The Morgan fingerprint density at radius 2 is 2.10 bits per heavy atom. The van der Waals surface area contributed by atoms with Crippen molar-refractivity contribution in [1.29, 1.82) is 0 Å². The predicted molar refractivity (Wildman–Crippen MR) is 75.3 cm³/mol. The van der Waals surface area contributed by atoms with E-state index in [4.69, 9.17) is 11.6 Å². The zero-order valence-electron chi connectivity index (χ0n) is 11.2. The Morgan fingerprint density at radius 1 is 1.43 bits per heavy atom. The van der Waals surface area contributed by atoms with Crippen LogP contribution in [0.4, 0.5) is 4.39 Å². The largest absolute Gasteiger partial charge is 0.384 e. The molecule has 0 fully saturated rings. The first kappa shape index (κ1) is 15.3. The van der Waals surface area contributed by atoms with Crippen LogP contribution in [0.2, 0.25) is 5.02 Å². The number of rotatable bonds is 4. The number of carbonyl (C=O) groups excluding carboxylic acids is 1. The summed E-state index contributed by atoms with van der Waals surface area (Å²) in [5.74, 6) is -0.920. The molecule has 0 radical (unpaired) electrons. The number of halogens is 2. The molecule has 1 aromatic heterocycles. The molecule has 0 aliphatic heterocycles. The van der Waals surface area contributed by atoms with Crippen molar-refractivity contribution in [3.8, 4) is 0 Å². The maximum absolute atomic E-state index is 12.9. The van der Waals surface area contributed by atoms with Crippen molar-refractivity contribution in [2.24, 2.45) is 0 Å². The van der Waals surface area contributed by atoms with E-state index in [9.17, 15) is 14.3 Å². The smallest absolute Gasteiger partial charge is 0.271 e. The predicted octanol–water partition coefficient (Wildman–Crippen LogP) is 1.91. The molecular formula is C14H13ClFN3O2. The number of hydrogen-bond acceptors (Lipinski definition) is 4. The molecule has 1 unspecified atom stereocenters. The van der Waals surface area contributed by atoms with E-state index in [2.05, 4.69) is 15.3 Å². The van der Waals surface area contributed by atoms with Gasteiger partial charge in [0.15, 0.2) is 0 Å². The molecule has 0 aliphatic rings. The van der Waals surface area contributed by atoms with Crippen LogP contribution in [0.3, 0.4) is 0 Å². The van der Waals surface area contributed by atoms with Gasteiger partial charge in [0.25, 0.3) is 5.91 Å². The number of hydrogen-bond donors (Lipinski definition) is 2. The van der Waals surface area contributed by atoms with E-state index in [0.717, 1.165) is 0 Å². The molecule has 1 heterocycles. The highest BCUT2D eigenvalue weighted by Crippen LogP contribution is 2.20. The van der Waals surface area contributed by atoms with Crippen LogP contribution in [0.15, 0.2) is 36.8 Å². The van der Waals surface area contributed by atoms with E-state index in [-0.39, 0.29) is 17.3 Å². The Hall–Kier alpha value is -2.05. The highest BCUT2D eigenvalue weighted by atomic mass is 35.5. The van der Waals surface area contributed by atoms with Gasteiger partial charge in [0.1, 0.15) is 23.4 Å². The van der Waals surface area contributed by atoms with Gasteiger partial charge in [0.05, 0.1) is 11.6 Å². The number of nitrogens with one attached hydrogen (secondary N) is 1. The molecular weight excluding hydrogens is 297 g/mol. The minimum atomic E-state index is -1.34. The number of benzene rings is 1. The number of aromatic nitrogens is 2. The van der Waals surface area contributed by atoms with Crippen molar-refractivity contribution >= 4 is 17.5 Å². The van der Waals surface area contributed by atoms with Crippen LogP contribution in [-0.4, -0.2) is 27.5 Å². The Bertz CT molecular complexity index is 647. The fourth-order valence-corrected chi connectivity index (χ4v) is 1.92. The zero-order chi connectivity index (χ0) is 15.5. The van der Waals surface area contributed by atoms with E-state index in [1.165, 1.54) is 43.7 Å². The van der Waals surface area contributed by atoms with Crippen molar-refractivity contribution in [3.05, 3.63) is 58.9 Å². The Morgan fingerprint density at radius 3 is 2.71 bits per heavy atom. The van der Waals surface area contributed by atoms with Crippen LogP contribution in [0.25, 0.3) is 0 Å². The number of nitrogens with zero attached hydrogens (tertiary/aromatic N) is 2. The summed E-state index contributed by atoms with van der Waals surface area (Å²) in [6.07, 6.45) is 2.51. The first-order valence-electron chi connectivity index (χ1n) is 6.12. The molecule has 2 N–H and O–H groups in total. The van der Waals surface area contributed by atoms with Gasteiger partial charge in [-0.1, -0.05) is 23.7 Å². The second-order valence-corrected chi connectivity index (χ2v) is 5.09. The monoisotopic (exact) mass is 309 g/mol. The summed E-state index contributed by atoms with van der Waals surface area (Å²) < 4.78 is 12.9. The second-order valence-electron chi connectivity index (χ2n) is 4.68. The number of carbonyl (C=O) groups is 1. The van der Waals surface area contributed by atoms with Gasteiger partial charge in [-0.3, -0.25) is 4.79 Å². The third-order valence-corrected chi connectivity index (χ3v) is 3.22. The van der Waals surface area contributed by atoms with Crippen molar-refractivity contribution in [2.45, 2.75) is 12.5 Å². The van der Waals surface area contributed by atoms with Crippen LogP contribution in [0.5, 0.6) is 0 Å². The van der Waals surface area contributed by atoms with Crippen molar-refractivity contribution in [2.75, 3.05) is 6.54 Å². The van der Waals surface area contributed by atoms with Gasteiger partial charge >= 0.3 is 0 Å². The lowest BCUT2D eigenvalue weighted by molar-refractivity contribution is 0.0524. The molecule has 7 heteroatoms. The normalized spacial score (nSPS) is 13.5. The summed E-state index contributed by atoms with van der Waals surface area (Å²) in [7, 11) is 0. The third kappa shape index (κ3) is 3.74. The van der Waals surface area contributed by atoms with E-state index >= 15 is 0 Å². The van der Waals surface area contributed by atoms with E-state index in [1.54, 1.807) is 0 Å². The summed E-state index contributed by atoms with van der Waals surface area (Å²) in [6, 6.07) is 5.40. The average Bonchev–Trinajstić information content (AvgIpc) is 2.46.